The summed E-state index contributed by atoms with van der Waals surface area (Å²) in [4.78, 5) is 1.41. The minimum Gasteiger partial charge on any atom is -0.507 e. The van der Waals surface area contributed by atoms with Gasteiger partial charge < -0.3 is 10.4 Å². The molecule has 0 amide bonds. The van der Waals surface area contributed by atoms with Crippen LogP contribution in [0.15, 0.2) is 22.7 Å². The highest BCUT2D eigenvalue weighted by Crippen LogP contribution is 2.39. The predicted molar refractivity (Wildman–Crippen MR) is 83.5 cm³/mol. The first-order valence-electron chi connectivity index (χ1n) is 5.89. The van der Waals surface area contributed by atoms with Gasteiger partial charge in [0, 0.05) is 26.2 Å². The van der Waals surface area contributed by atoms with Crippen LogP contribution in [0.5, 0.6) is 5.75 Å². The summed E-state index contributed by atoms with van der Waals surface area (Å²) in [5.41, 5.74) is 0.138. The summed E-state index contributed by atoms with van der Waals surface area (Å²) < 4.78 is 40.1. The zero-order valence-corrected chi connectivity index (χ0v) is 14.1. The molecule has 1 saturated heterocycles. The molecule has 9 heteroatoms. The Morgan fingerprint density at radius 2 is 1.76 bits per heavy atom. The number of phenols is 1. The maximum atomic E-state index is 13.3. The van der Waals surface area contributed by atoms with Crippen LogP contribution < -0.4 is 5.32 Å². The number of nitrogens with zero attached hydrogens (tertiary/aromatic N) is 1. The standard InChI is InChI=1S/C12H14BrF3N2O.2ClH/c13-9-7-8(1-2-10(9)19)11(12(14,15)16)18-5-3-17-4-6-18;;/h1-2,7,11,17,19H,3-6H2;2*1H/t11-;;/m1../s1. The summed E-state index contributed by atoms with van der Waals surface area (Å²) in [6, 6.07) is 2.29. The molecule has 122 valence electrons. The molecule has 0 spiro atoms. The SMILES string of the molecule is Cl.Cl.Oc1ccc([C@@H](N2CCNCC2)C(F)(F)F)cc1Br. The van der Waals surface area contributed by atoms with Crippen LogP contribution in [0, 0.1) is 0 Å². The molecule has 1 atom stereocenters. The van der Waals surface area contributed by atoms with Crippen LogP contribution in [0.1, 0.15) is 11.6 Å². The number of aromatic hydroxyl groups is 1. The molecular formula is C12H16BrCl2F3N2O. The highest BCUT2D eigenvalue weighted by molar-refractivity contribution is 9.10. The minimum absolute atomic E-state index is 0. The Kier molecular flexibility index (Phi) is 8.35. The number of rotatable bonds is 2. The normalized spacial score (nSPS) is 17.5. The number of benzene rings is 1. The second kappa shape index (κ2) is 8.43. The van der Waals surface area contributed by atoms with Gasteiger partial charge in [0.15, 0.2) is 0 Å². The van der Waals surface area contributed by atoms with Crippen LogP contribution in [0.25, 0.3) is 0 Å². The first-order chi connectivity index (χ1) is 8.89. The maximum absolute atomic E-state index is 13.3. The van der Waals surface area contributed by atoms with Crippen LogP contribution >= 0.6 is 40.7 Å². The second-order valence-corrected chi connectivity index (χ2v) is 5.30. The van der Waals surface area contributed by atoms with Crippen LogP contribution in [0.3, 0.4) is 0 Å². The Balaban J connectivity index is 0.00000200. The van der Waals surface area contributed by atoms with Gasteiger partial charge in [-0.05, 0) is 33.6 Å². The van der Waals surface area contributed by atoms with Crippen molar-refractivity contribution < 1.29 is 18.3 Å². The Labute approximate surface area is 141 Å². The molecule has 0 aromatic heterocycles. The van der Waals surface area contributed by atoms with E-state index in [4.69, 9.17) is 0 Å². The van der Waals surface area contributed by atoms with E-state index in [1.54, 1.807) is 0 Å². The van der Waals surface area contributed by atoms with Crippen molar-refractivity contribution in [3.63, 3.8) is 0 Å². The molecule has 2 rings (SSSR count). The maximum Gasteiger partial charge on any atom is 0.408 e. The smallest absolute Gasteiger partial charge is 0.408 e. The fourth-order valence-corrected chi connectivity index (χ4v) is 2.64. The van der Waals surface area contributed by atoms with Crippen molar-refractivity contribution in [1.82, 2.24) is 10.2 Å². The van der Waals surface area contributed by atoms with Crippen molar-refractivity contribution in [2.24, 2.45) is 0 Å². The van der Waals surface area contributed by atoms with Gasteiger partial charge in [0.05, 0.1) is 4.47 Å². The van der Waals surface area contributed by atoms with Gasteiger partial charge in [0.2, 0.25) is 0 Å². The Bertz CT molecular complexity index is 457. The third-order valence-corrected chi connectivity index (χ3v) is 3.75. The molecule has 0 radical (unpaired) electrons. The lowest BCUT2D eigenvalue weighted by molar-refractivity contribution is -0.187. The molecule has 21 heavy (non-hydrogen) atoms. The highest BCUT2D eigenvalue weighted by Gasteiger charge is 2.44. The Hall–Kier alpha value is -0.210. The third-order valence-electron chi connectivity index (χ3n) is 3.11. The van der Waals surface area contributed by atoms with E-state index < -0.39 is 12.2 Å². The monoisotopic (exact) mass is 410 g/mol. The molecule has 1 aliphatic heterocycles. The van der Waals surface area contributed by atoms with E-state index in [2.05, 4.69) is 21.2 Å². The quantitative estimate of drug-likeness (QED) is 0.781. The number of phenolic OH excluding ortho intramolecular Hbond substituents is 1. The van der Waals surface area contributed by atoms with Crippen molar-refractivity contribution in [3.8, 4) is 5.75 Å². The van der Waals surface area contributed by atoms with Gasteiger partial charge in [0.25, 0.3) is 0 Å². The summed E-state index contributed by atoms with van der Waals surface area (Å²) >= 11 is 3.06. The van der Waals surface area contributed by atoms with E-state index in [9.17, 15) is 18.3 Å². The van der Waals surface area contributed by atoms with E-state index in [0.29, 0.717) is 26.2 Å². The highest BCUT2D eigenvalue weighted by atomic mass is 79.9. The first-order valence-corrected chi connectivity index (χ1v) is 6.69. The van der Waals surface area contributed by atoms with E-state index in [1.807, 2.05) is 0 Å². The van der Waals surface area contributed by atoms with Gasteiger partial charge in [-0.1, -0.05) is 6.07 Å². The number of hydrogen-bond acceptors (Lipinski definition) is 3. The summed E-state index contributed by atoms with van der Waals surface area (Å²) in [6.45, 7) is 1.79. The lowest BCUT2D eigenvalue weighted by Crippen LogP contribution is -2.49. The summed E-state index contributed by atoms with van der Waals surface area (Å²) in [7, 11) is 0. The van der Waals surface area contributed by atoms with Crippen LogP contribution in [0.2, 0.25) is 0 Å². The fraction of sp³-hybridized carbons (Fsp3) is 0.500. The summed E-state index contributed by atoms with van der Waals surface area (Å²) in [6.07, 6.45) is -4.34. The Morgan fingerprint density at radius 3 is 2.24 bits per heavy atom. The van der Waals surface area contributed by atoms with E-state index >= 15 is 0 Å². The first kappa shape index (κ1) is 20.8. The molecule has 1 aliphatic rings. The minimum atomic E-state index is -4.34. The third kappa shape index (κ3) is 5.17. The topological polar surface area (TPSA) is 35.5 Å². The van der Waals surface area contributed by atoms with E-state index in [-0.39, 0.29) is 40.6 Å². The number of hydrogen-bond donors (Lipinski definition) is 2. The van der Waals surface area contributed by atoms with Crippen molar-refractivity contribution in [2.75, 3.05) is 26.2 Å². The molecule has 0 saturated carbocycles. The van der Waals surface area contributed by atoms with Crippen LogP contribution in [-0.2, 0) is 0 Å². The van der Waals surface area contributed by atoms with Gasteiger partial charge >= 0.3 is 6.18 Å². The molecule has 0 unspecified atom stereocenters. The van der Waals surface area contributed by atoms with Crippen molar-refractivity contribution in [1.29, 1.82) is 0 Å². The number of alkyl halides is 3. The van der Waals surface area contributed by atoms with Crippen LogP contribution in [0.4, 0.5) is 13.2 Å². The van der Waals surface area contributed by atoms with Crippen molar-refractivity contribution >= 4 is 40.7 Å². The van der Waals surface area contributed by atoms with Gasteiger partial charge in [-0.15, -0.1) is 24.8 Å². The lowest BCUT2D eigenvalue weighted by Gasteiger charge is -2.36. The number of halogens is 6. The lowest BCUT2D eigenvalue weighted by atomic mass is 10.0. The Morgan fingerprint density at radius 1 is 1.19 bits per heavy atom. The molecule has 2 N–H and O–H groups in total. The fourth-order valence-electron chi connectivity index (χ4n) is 2.24. The van der Waals surface area contributed by atoms with Crippen molar-refractivity contribution in [3.05, 3.63) is 28.2 Å². The van der Waals surface area contributed by atoms with Gasteiger partial charge in [-0.2, -0.15) is 13.2 Å². The number of piperazine rings is 1. The van der Waals surface area contributed by atoms with Crippen molar-refractivity contribution in [2.45, 2.75) is 12.2 Å². The largest absolute Gasteiger partial charge is 0.507 e. The predicted octanol–water partition coefficient (Wildman–Crippen LogP) is 3.51. The van der Waals surface area contributed by atoms with Gasteiger partial charge in [-0.3, -0.25) is 4.90 Å². The molecule has 1 fully saturated rings. The molecule has 0 aliphatic carbocycles. The van der Waals surface area contributed by atoms with Crippen LogP contribution in [-0.4, -0.2) is 42.4 Å². The summed E-state index contributed by atoms with van der Waals surface area (Å²) in [5, 5.41) is 12.4. The van der Waals surface area contributed by atoms with Gasteiger partial charge in [-0.25, -0.2) is 0 Å². The molecule has 3 nitrogen and oxygen atoms in total. The average molecular weight is 412 g/mol. The second-order valence-electron chi connectivity index (χ2n) is 4.44. The van der Waals surface area contributed by atoms with Gasteiger partial charge in [0.1, 0.15) is 11.8 Å². The van der Waals surface area contributed by atoms with E-state index in [1.165, 1.54) is 23.1 Å². The zero-order valence-electron chi connectivity index (χ0n) is 10.9. The molecule has 1 aromatic carbocycles. The summed E-state index contributed by atoms with van der Waals surface area (Å²) in [5.74, 6) is -0.0648. The molecule has 1 aromatic rings. The molecule has 1 heterocycles. The molecule has 0 bridgehead atoms. The zero-order chi connectivity index (χ0) is 14.0. The van der Waals surface area contributed by atoms with E-state index in [0.717, 1.165) is 0 Å². The number of nitrogens with one attached hydrogen (secondary N) is 1. The molecular weight excluding hydrogens is 396 g/mol. The average Bonchev–Trinajstić information content (AvgIpc) is 2.34.